The molecule has 0 rings (SSSR count). The highest BCUT2D eigenvalue weighted by atomic mass is 19.4. The van der Waals surface area contributed by atoms with Crippen LogP contribution in [0.1, 0.15) is 20.8 Å². The largest absolute Gasteiger partial charge is 0.401 e. The average molecular weight is 226 g/mol. The molecule has 0 bridgehead atoms. The molecule has 0 heterocycles. The first-order valence-electron chi connectivity index (χ1n) is 4.79. The fourth-order valence-electron chi connectivity index (χ4n) is 0.789. The lowest BCUT2D eigenvalue weighted by atomic mass is 10.1. The first kappa shape index (κ1) is 14.2. The molecule has 0 aromatic carbocycles. The first-order chi connectivity index (χ1) is 6.72. The lowest BCUT2D eigenvalue weighted by molar-refractivity contribution is -0.128. The van der Waals surface area contributed by atoms with E-state index in [2.05, 4.69) is 5.32 Å². The van der Waals surface area contributed by atoms with Crippen molar-refractivity contribution in [3.05, 3.63) is 0 Å². The molecule has 0 saturated heterocycles. The number of nitrogens with one attached hydrogen (secondary N) is 2. The number of carbonyl (C=O) groups excluding carboxylic acids is 1. The fourth-order valence-corrected chi connectivity index (χ4v) is 0.789. The summed E-state index contributed by atoms with van der Waals surface area (Å²) in [7, 11) is 0. The Kier molecular flexibility index (Phi) is 5.64. The van der Waals surface area contributed by atoms with Crippen molar-refractivity contribution in [2.45, 2.75) is 33.0 Å². The first-order valence-corrected chi connectivity index (χ1v) is 4.79. The van der Waals surface area contributed by atoms with E-state index in [-0.39, 0.29) is 18.5 Å². The molecule has 0 spiro atoms. The van der Waals surface area contributed by atoms with Crippen LogP contribution in [0.4, 0.5) is 13.2 Å². The minimum absolute atomic E-state index is 0.0369. The van der Waals surface area contributed by atoms with Gasteiger partial charge in [0.1, 0.15) is 0 Å². The number of amides is 1. The fraction of sp³-hybridized carbons (Fsp3) is 0.889. The van der Waals surface area contributed by atoms with E-state index in [0.29, 0.717) is 0 Å². The minimum Gasteiger partial charge on any atom is -0.352 e. The van der Waals surface area contributed by atoms with E-state index in [0.717, 1.165) is 0 Å². The van der Waals surface area contributed by atoms with Crippen LogP contribution in [-0.4, -0.2) is 31.2 Å². The normalized spacial score (nSPS) is 14.1. The second-order valence-corrected chi connectivity index (χ2v) is 3.82. The Morgan fingerprint density at radius 1 is 1.27 bits per heavy atom. The molecule has 0 aromatic rings. The van der Waals surface area contributed by atoms with E-state index < -0.39 is 18.6 Å². The maximum Gasteiger partial charge on any atom is 0.401 e. The minimum atomic E-state index is -4.27. The highest BCUT2D eigenvalue weighted by molar-refractivity contribution is 5.78. The van der Waals surface area contributed by atoms with E-state index in [4.69, 9.17) is 0 Å². The molecular weight excluding hydrogens is 209 g/mol. The number of halogens is 3. The molecule has 0 aliphatic carbocycles. The second-order valence-electron chi connectivity index (χ2n) is 3.82. The van der Waals surface area contributed by atoms with Gasteiger partial charge in [-0.1, -0.05) is 13.8 Å². The molecule has 3 nitrogen and oxygen atoms in total. The third kappa shape index (κ3) is 8.23. The van der Waals surface area contributed by atoms with Crippen LogP contribution in [0.5, 0.6) is 0 Å². The van der Waals surface area contributed by atoms with Gasteiger partial charge in [-0.15, -0.1) is 0 Å². The summed E-state index contributed by atoms with van der Waals surface area (Å²) in [4.78, 5) is 11.1. The second kappa shape index (κ2) is 5.95. The Morgan fingerprint density at radius 3 is 2.20 bits per heavy atom. The van der Waals surface area contributed by atoms with Gasteiger partial charge in [0.15, 0.2) is 0 Å². The zero-order chi connectivity index (χ0) is 12.1. The summed E-state index contributed by atoms with van der Waals surface area (Å²) >= 11 is 0. The molecule has 0 fully saturated rings. The van der Waals surface area contributed by atoms with Crippen molar-refractivity contribution in [3.63, 3.8) is 0 Å². The van der Waals surface area contributed by atoms with Gasteiger partial charge in [0.2, 0.25) is 5.91 Å². The Morgan fingerprint density at radius 2 is 1.80 bits per heavy atom. The van der Waals surface area contributed by atoms with Crippen molar-refractivity contribution in [2.75, 3.05) is 13.1 Å². The van der Waals surface area contributed by atoms with Gasteiger partial charge in [-0.25, -0.2) is 0 Å². The maximum absolute atomic E-state index is 11.7. The van der Waals surface area contributed by atoms with Crippen LogP contribution in [-0.2, 0) is 4.79 Å². The van der Waals surface area contributed by atoms with Crippen LogP contribution < -0.4 is 10.6 Å². The van der Waals surface area contributed by atoms with Crippen molar-refractivity contribution in [3.8, 4) is 0 Å². The van der Waals surface area contributed by atoms with Gasteiger partial charge in [0.05, 0.1) is 13.1 Å². The number of hydrogen-bond donors (Lipinski definition) is 2. The quantitative estimate of drug-likeness (QED) is 0.742. The van der Waals surface area contributed by atoms with Crippen LogP contribution in [0.2, 0.25) is 0 Å². The molecule has 0 aliphatic heterocycles. The monoisotopic (exact) mass is 226 g/mol. The summed E-state index contributed by atoms with van der Waals surface area (Å²) in [6.07, 6.45) is -4.27. The zero-order valence-electron chi connectivity index (χ0n) is 9.11. The van der Waals surface area contributed by atoms with Crippen LogP contribution in [0.3, 0.4) is 0 Å². The predicted octanol–water partition coefficient (Wildman–Crippen LogP) is 1.30. The van der Waals surface area contributed by atoms with Crippen molar-refractivity contribution in [2.24, 2.45) is 5.92 Å². The van der Waals surface area contributed by atoms with Crippen LogP contribution in [0, 0.1) is 5.92 Å². The predicted molar refractivity (Wildman–Crippen MR) is 51.4 cm³/mol. The molecule has 0 aliphatic rings. The molecule has 2 N–H and O–H groups in total. The zero-order valence-corrected chi connectivity index (χ0v) is 9.11. The molecule has 15 heavy (non-hydrogen) atoms. The third-order valence-corrected chi connectivity index (χ3v) is 2.00. The van der Waals surface area contributed by atoms with E-state index in [1.165, 1.54) is 0 Å². The van der Waals surface area contributed by atoms with Crippen LogP contribution >= 0.6 is 0 Å². The third-order valence-electron chi connectivity index (χ3n) is 2.00. The maximum atomic E-state index is 11.7. The topological polar surface area (TPSA) is 41.1 Å². The average Bonchev–Trinajstić information content (AvgIpc) is 2.01. The molecule has 90 valence electrons. The van der Waals surface area contributed by atoms with E-state index in [1.807, 2.05) is 26.1 Å². The Bertz CT molecular complexity index is 204. The molecule has 1 amide bonds. The van der Waals surface area contributed by atoms with Gasteiger partial charge < -0.3 is 10.6 Å². The van der Waals surface area contributed by atoms with Gasteiger partial charge in [0, 0.05) is 6.04 Å². The van der Waals surface area contributed by atoms with Crippen LogP contribution in [0.15, 0.2) is 0 Å². The Hall–Kier alpha value is -0.780. The summed E-state index contributed by atoms with van der Waals surface area (Å²) in [6, 6.07) is -0.0369. The smallest absolute Gasteiger partial charge is 0.352 e. The highest BCUT2D eigenvalue weighted by Gasteiger charge is 2.26. The van der Waals surface area contributed by atoms with Crippen molar-refractivity contribution < 1.29 is 18.0 Å². The highest BCUT2D eigenvalue weighted by Crippen LogP contribution is 2.11. The summed E-state index contributed by atoms with van der Waals surface area (Å²) in [5.41, 5.74) is 0. The lowest BCUT2D eigenvalue weighted by Gasteiger charge is -2.17. The molecule has 1 unspecified atom stereocenters. The van der Waals surface area contributed by atoms with Crippen molar-refractivity contribution >= 4 is 5.91 Å². The Labute approximate surface area is 87.4 Å². The molecule has 1 atom stereocenters. The summed E-state index contributed by atoms with van der Waals surface area (Å²) in [5, 5.41) is 4.63. The van der Waals surface area contributed by atoms with Crippen LogP contribution in [0.25, 0.3) is 0 Å². The molecule has 0 aromatic heterocycles. The van der Waals surface area contributed by atoms with Gasteiger partial charge in [-0.05, 0) is 12.8 Å². The summed E-state index contributed by atoms with van der Waals surface area (Å²) in [6.45, 7) is 4.21. The summed E-state index contributed by atoms with van der Waals surface area (Å²) in [5.74, 6) is -0.156. The molecule has 0 radical (unpaired) electrons. The van der Waals surface area contributed by atoms with Gasteiger partial charge in [0.25, 0.3) is 0 Å². The standard InChI is InChI=1S/C9H17F3N2O/c1-6(2)7(3)14-8(15)4-13-5-9(10,11)12/h6-7,13H,4-5H2,1-3H3,(H,14,15). The molecular formula is C9H17F3N2O. The number of hydrogen-bond acceptors (Lipinski definition) is 2. The number of alkyl halides is 3. The van der Waals surface area contributed by atoms with Crippen molar-refractivity contribution in [1.82, 2.24) is 10.6 Å². The van der Waals surface area contributed by atoms with Gasteiger partial charge >= 0.3 is 6.18 Å². The van der Waals surface area contributed by atoms with Gasteiger partial charge in [-0.3, -0.25) is 4.79 Å². The van der Waals surface area contributed by atoms with Gasteiger partial charge in [-0.2, -0.15) is 13.2 Å². The number of carbonyl (C=O) groups is 1. The van der Waals surface area contributed by atoms with E-state index in [9.17, 15) is 18.0 Å². The molecule has 0 saturated carbocycles. The molecule has 6 heteroatoms. The van der Waals surface area contributed by atoms with E-state index >= 15 is 0 Å². The summed E-state index contributed by atoms with van der Waals surface area (Å²) < 4.78 is 35.1. The number of rotatable bonds is 5. The van der Waals surface area contributed by atoms with Crippen molar-refractivity contribution in [1.29, 1.82) is 0 Å². The SMILES string of the molecule is CC(C)C(C)NC(=O)CNCC(F)(F)F. The van der Waals surface area contributed by atoms with E-state index in [1.54, 1.807) is 0 Å². The Balaban J connectivity index is 3.67. The lowest BCUT2D eigenvalue weighted by Crippen LogP contribution is -2.43.